The maximum absolute atomic E-state index is 12.2. The number of aryl methyl sites for hydroxylation is 1. The van der Waals surface area contributed by atoms with E-state index >= 15 is 0 Å². The van der Waals surface area contributed by atoms with Crippen molar-refractivity contribution in [2.24, 2.45) is 7.05 Å². The van der Waals surface area contributed by atoms with E-state index in [1.807, 2.05) is 23.7 Å². The summed E-state index contributed by atoms with van der Waals surface area (Å²) in [7, 11) is 1.89. The number of nitrogens with zero attached hydrogens (tertiary/aromatic N) is 1. The molecule has 0 fully saturated rings. The number of aromatic nitrogens is 1. The number of fused-ring (bicyclic) bond motifs is 2. The molecule has 0 saturated carbocycles. The van der Waals surface area contributed by atoms with E-state index < -0.39 is 5.97 Å². The molecule has 120 valence electrons. The maximum atomic E-state index is 12.2. The Bertz CT molecular complexity index is 1040. The predicted octanol–water partition coefficient (Wildman–Crippen LogP) is 3.44. The summed E-state index contributed by atoms with van der Waals surface area (Å²) in [4.78, 5) is 23.4. The number of hydrogen-bond acceptors (Lipinski definition) is 2. The van der Waals surface area contributed by atoms with Crippen LogP contribution in [-0.4, -0.2) is 21.6 Å². The second-order valence-electron chi connectivity index (χ2n) is 5.80. The Hall–Kier alpha value is -2.79. The molecule has 0 spiro atoms. The van der Waals surface area contributed by atoms with Crippen molar-refractivity contribution in [1.29, 1.82) is 0 Å². The SMILES string of the molecule is Cn1c(-c2ccc(Cl)c3c2C(=O)NC3)cc2cc(C(=O)O)ccc21. The van der Waals surface area contributed by atoms with Crippen LogP contribution in [0.3, 0.4) is 0 Å². The highest BCUT2D eigenvalue weighted by Gasteiger charge is 2.26. The van der Waals surface area contributed by atoms with Gasteiger partial charge in [-0.3, -0.25) is 4.79 Å². The van der Waals surface area contributed by atoms with Gasteiger partial charge in [-0.15, -0.1) is 0 Å². The van der Waals surface area contributed by atoms with Gasteiger partial charge in [-0.1, -0.05) is 17.7 Å². The molecule has 1 amide bonds. The lowest BCUT2D eigenvalue weighted by Gasteiger charge is -2.09. The number of halogens is 1. The Kier molecular flexibility index (Phi) is 3.15. The highest BCUT2D eigenvalue weighted by Crippen LogP contribution is 2.36. The van der Waals surface area contributed by atoms with Crippen molar-refractivity contribution in [1.82, 2.24) is 9.88 Å². The first-order valence-corrected chi connectivity index (χ1v) is 7.78. The molecular weight excluding hydrogens is 328 g/mol. The van der Waals surface area contributed by atoms with Gasteiger partial charge >= 0.3 is 5.97 Å². The zero-order valence-corrected chi connectivity index (χ0v) is 13.5. The van der Waals surface area contributed by atoms with Crippen LogP contribution in [0.5, 0.6) is 0 Å². The zero-order valence-electron chi connectivity index (χ0n) is 12.8. The normalized spacial score (nSPS) is 13.2. The van der Waals surface area contributed by atoms with E-state index in [2.05, 4.69) is 5.32 Å². The summed E-state index contributed by atoms with van der Waals surface area (Å²) in [6, 6.07) is 10.5. The van der Waals surface area contributed by atoms with Gasteiger partial charge in [0.15, 0.2) is 0 Å². The summed E-state index contributed by atoms with van der Waals surface area (Å²) in [5.41, 5.74) is 4.16. The van der Waals surface area contributed by atoms with Gasteiger partial charge in [0.2, 0.25) is 0 Å². The molecule has 6 heteroatoms. The van der Waals surface area contributed by atoms with E-state index in [0.29, 0.717) is 17.1 Å². The minimum absolute atomic E-state index is 0.140. The minimum atomic E-state index is -0.964. The fourth-order valence-corrected chi connectivity index (χ4v) is 3.49. The first kappa shape index (κ1) is 14.8. The standard InChI is InChI=1S/C18H13ClN2O3/c1-21-14-5-2-9(18(23)24)6-10(14)7-15(21)11-3-4-13(19)12-8-20-17(22)16(11)12/h2-7H,8H2,1H3,(H,20,22)(H,23,24). The van der Waals surface area contributed by atoms with E-state index in [1.165, 1.54) is 0 Å². The first-order chi connectivity index (χ1) is 11.5. The summed E-state index contributed by atoms with van der Waals surface area (Å²) in [6.07, 6.45) is 0. The van der Waals surface area contributed by atoms with Crippen molar-refractivity contribution < 1.29 is 14.7 Å². The van der Waals surface area contributed by atoms with Gasteiger partial charge in [-0.25, -0.2) is 4.79 Å². The molecule has 24 heavy (non-hydrogen) atoms. The first-order valence-electron chi connectivity index (χ1n) is 7.40. The molecule has 5 nitrogen and oxygen atoms in total. The van der Waals surface area contributed by atoms with E-state index in [9.17, 15) is 9.59 Å². The summed E-state index contributed by atoms with van der Waals surface area (Å²) in [5.74, 6) is -1.10. The quantitative estimate of drug-likeness (QED) is 0.750. The molecule has 0 bridgehead atoms. The summed E-state index contributed by atoms with van der Waals surface area (Å²) in [5, 5.41) is 13.3. The number of benzene rings is 2. The highest BCUT2D eigenvalue weighted by molar-refractivity contribution is 6.32. The molecule has 0 aliphatic carbocycles. The number of carboxylic acids is 1. The second-order valence-corrected chi connectivity index (χ2v) is 6.21. The number of carboxylic acid groups (broad SMARTS) is 1. The third-order valence-corrected chi connectivity index (χ3v) is 4.83. The van der Waals surface area contributed by atoms with E-state index in [1.54, 1.807) is 24.3 Å². The number of nitrogens with one attached hydrogen (secondary N) is 1. The fourth-order valence-electron chi connectivity index (χ4n) is 3.27. The number of aromatic carboxylic acids is 1. The summed E-state index contributed by atoms with van der Waals surface area (Å²) in [6.45, 7) is 0.425. The average Bonchev–Trinajstić information content (AvgIpc) is 3.10. The van der Waals surface area contributed by atoms with Gasteiger partial charge in [0.05, 0.1) is 11.1 Å². The Labute approximate surface area is 142 Å². The van der Waals surface area contributed by atoms with Gasteiger partial charge in [0, 0.05) is 46.3 Å². The minimum Gasteiger partial charge on any atom is -0.478 e. The Morgan fingerprint density at radius 2 is 2.04 bits per heavy atom. The smallest absolute Gasteiger partial charge is 0.335 e. The molecule has 1 aromatic heterocycles. The van der Waals surface area contributed by atoms with Crippen LogP contribution in [0.1, 0.15) is 26.3 Å². The monoisotopic (exact) mass is 340 g/mol. The van der Waals surface area contributed by atoms with Crippen LogP contribution in [0.15, 0.2) is 36.4 Å². The second kappa shape index (κ2) is 5.11. The van der Waals surface area contributed by atoms with Gasteiger partial charge < -0.3 is 15.0 Å². The Morgan fingerprint density at radius 1 is 1.25 bits per heavy atom. The molecule has 2 aromatic carbocycles. The van der Waals surface area contributed by atoms with E-state index in [4.69, 9.17) is 16.7 Å². The topological polar surface area (TPSA) is 71.3 Å². The fraction of sp³-hybridized carbons (Fsp3) is 0.111. The molecule has 1 aliphatic heterocycles. The van der Waals surface area contributed by atoms with Gasteiger partial charge in [-0.05, 0) is 30.3 Å². The predicted molar refractivity (Wildman–Crippen MR) is 91.5 cm³/mol. The van der Waals surface area contributed by atoms with Crippen LogP contribution in [0.4, 0.5) is 0 Å². The third kappa shape index (κ3) is 2.02. The Morgan fingerprint density at radius 3 is 2.79 bits per heavy atom. The van der Waals surface area contributed by atoms with Crippen LogP contribution in [0.2, 0.25) is 5.02 Å². The molecule has 3 aromatic rings. The Balaban J connectivity index is 1.98. The molecule has 0 saturated heterocycles. The van der Waals surface area contributed by atoms with Crippen LogP contribution < -0.4 is 5.32 Å². The van der Waals surface area contributed by atoms with Crippen molar-refractivity contribution in [2.75, 3.05) is 0 Å². The number of carbonyl (C=O) groups is 2. The molecule has 2 N–H and O–H groups in total. The lowest BCUT2D eigenvalue weighted by Crippen LogP contribution is -2.13. The lowest BCUT2D eigenvalue weighted by atomic mass is 10.00. The molecule has 0 unspecified atom stereocenters. The van der Waals surface area contributed by atoms with Crippen molar-refractivity contribution in [2.45, 2.75) is 6.54 Å². The highest BCUT2D eigenvalue weighted by atomic mass is 35.5. The zero-order chi connectivity index (χ0) is 17.0. The summed E-state index contributed by atoms with van der Waals surface area (Å²) < 4.78 is 1.95. The van der Waals surface area contributed by atoms with E-state index in [0.717, 1.165) is 27.7 Å². The molecule has 2 heterocycles. The summed E-state index contributed by atoms with van der Waals surface area (Å²) >= 11 is 6.20. The van der Waals surface area contributed by atoms with Crippen LogP contribution in [-0.2, 0) is 13.6 Å². The molecular formula is C18H13ClN2O3. The van der Waals surface area contributed by atoms with Crippen LogP contribution in [0, 0.1) is 0 Å². The van der Waals surface area contributed by atoms with Crippen molar-refractivity contribution in [3.05, 3.63) is 58.1 Å². The van der Waals surface area contributed by atoms with Crippen molar-refractivity contribution in [3.63, 3.8) is 0 Å². The average molecular weight is 341 g/mol. The number of carbonyl (C=O) groups excluding carboxylic acids is 1. The molecule has 0 atom stereocenters. The number of hydrogen-bond donors (Lipinski definition) is 2. The van der Waals surface area contributed by atoms with Gasteiger partial charge in [0.25, 0.3) is 5.91 Å². The number of rotatable bonds is 2. The van der Waals surface area contributed by atoms with E-state index in [-0.39, 0.29) is 11.5 Å². The van der Waals surface area contributed by atoms with Crippen LogP contribution >= 0.6 is 11.6 Å². The van der Waals surface area contributed by atoms with Crippen LogP contribution in [0.25, 0.3) is 22.2 Å². The van der Waals surface area contributed by atoms with Gasteiger partial charge in [-0.2, -0.15) is 0 Å². The molecule has 1 aliphatic rings. The molecule has 4 rings (SSSR count). The molecule has 0 radical (unpaired) electrons. The number of amides is 1. The van der Waals surface area contributed by atoms with Gasteiger partial charge in [0.1, 0.15) is 0 Å². The largest absolute Gasteiger partial charge is 0.478 e. The van der Waals surface area contributed by atoms with Crippen molar-refractivity contribution in [3.8, 4) is 11.3 Å². The maximum Gasteiger partial charge on any atom is 0.335 e. The third-order valence-electron chi connectivity index (χ3n) is 4.47. The van der Waals surface area contributed by atoms with Crippen molar-refractivity contribution >= 4 is 34.4 Å². The lowest BCUT2D eigenvalue weighted by molar-refractivity contribution is 0.0696.